The highest BCUT2D eigenvalue weighted by molar-refractivity contribution is 6.33. The van der Waals surface area contributed by atoms with Crippen molar-refractivity contribution in [1.82, 2.24) is 9.97 Å². The number of amides is 2. The molecule has 0 aliphatic carbocycles. The maximum atomic E-state index is 12.9. The first-order valence-electron chi connectivity index (χ1n) is 9.66. The first-order valence-corrected chi connectivity index (χ1v) is 10.0. The van der Waals surface area contributed by atoms with E-state index in [0.717, 1.165) is 25.9 Å². The molecule has 4 rings (SSSR count). The Morgan fingerprint density at radius 1 is 1.31 bits per heavy atom. The van der Waals surface area contributed by atoms with E-state index < -0.39 is 17.4 Å². The lowest BCUT2D eigenvalue weighted by Gasteiger charge is -2.32. The molecule has 2 aliphatic heterocycles. The Balaban J connectivity index is 1.66. The molecule has 0 saturated carbocycles. The van der Waals surface area contributed by atoms with Crippen molar-refractivity contribution in [3.63, 3.8) is 0 Å². The van der Waals surface area contributed by atoms with Crippen molar-refractivity contribution >= 4 is 40.9 Å². The number of aromatic amines is 1. The molecule has 2 amide bonds. The number of halogens is 1. The van der Waals surface area contributed by atoms with Crippen molar-refractivity contribution < 1.29 is 9.59 Å². The lowest BCUT2D eigenvalue weighted by atomic mass is 9.92. The van der Waals surface area contributed by atoms with Crippen molar-refractivity contribution in [2.24, 2.45) is 5.92 Å². The van der Waals surface area contributed by atoms with Crippen LogP contribution in [0, 0.1) is 5.92 Å². The minimum Gasteiger partial charge on any atom is -0.342 e. The maximum Gasteiger partial charge on any atom is 0.258 e. The maximum absolute atomic E-state index is 12.9. The highest BCUT2D eigenvalue weighted by atomic mass is 35.5. The van der Waals surface area contributed by atoms with Crippen LogP contribution in [-0.4, -0.2) is 34.9 Å². The number of anilines is 3. The predicted molar refractivity (Wildman–Crippen MR) is 112 cm³/mol. The van der Waals surface area contributed by atoms with Gasteiger partial charge in [-0.25, -0.2) is 0 Å². The van der Waals surface area contributed by atoms with Gasteiger partial charge in [0.2, 0.25) is 17.8 Å². The van der Waals surface area contributed by atoms with E-state index in [1.807, 2.05) is 4.90 Å². The first kappa shape index (κ1) is 19.4. The lowest BCUT2D eigenvalue weighted by Crippen LogP contribution is -2.40. The monoisotopic (exact) mass is 415 g/mol. The van der Waals surface area contributed by atoms with Crippen molar-refractivity contribution in [3.05, 3.63) is 45.2 Å². The van der Waals surface area contributed by atoms with Crippen LogP contribution in [0.5, 0.6) is 0 Å². The van der Waals surface area contributed by atoms with E-state index in [-0.39, 0.29) is 23.7 Å². The zero-order valence-corrected chi connectivity index (χ0v) is 16.8. The van der Waals surface area contributed by atoms with Gasteiger partial charge >= 0.3 is 0 Å². The van der Waals surface area contributed by atoms with Crippen LogP contribution in [0.15, 0.2) is 29.1 Å². The van der Waals surface area contributed by atoms with Crippen LogP contribution in [0.2, 0.25) is 5.02 Å². The second-order valence-electron chi connectivity index (χ2n) is 7.62. The largest absolute Gasteiger partial charge is 0.342 e. The van der Waals surface area contributed by atoms with Gasteiger partial charge in [0, 0.05) is 19.5 Å². The van der Waals surface area contributed by atoms with Crippen LogP contribution in [0.25, 0.3) is 0 Å². The van der Waals surface area contributed by atoms with Crippen LogP contribution in [-0.2, 0) is 9.59 Å². The summed E-state index contributed by atoms with van der Waals surface area (Å²) < 4.78 is 0. The number of benzene rings is 1. The number of rotatable bonds is 3. The number of hydrogen-bond acceptors (Lipinski definition) is 5. The normalized spacial score (nSPS) is 21.3. The quantitative estimate of drug-likeness (QED) is 0.714. The number of fused-ring (bicyclic) bond motifs is 1. The van der Waals surface area contributed by atoms with Crippen LogP contribution in [0.4, 0.5) is 17.5 Å². The fourth-order valence-corrected chi connectivity index (χ4v) is 4.08. The summed E-state index contributed by atoms with van der Waals surface area (Å²) in [5.41, 5.74) is 0.181. The number of hydrogen-bond donors (Lipinski definition) is 3. The highest BCUT2D eigenvalue weighted by Crippen LogP contribution is 2.31. The highest BCUT2D eigenvalue weighted by Gasteiger charge is 2.35. The van der Waals surface area contributed by atoms with Gasteiger partial charge in [0.1, 0.15) is 5.82 Å². The molecule has 1 fully saturated rings. The van der Waals surface area contributed by atoms with E-state index in [0.29, 0.717) is 22.6 Å². The van der Waals surface area contributed by atoms with Crippen LogP contribution in [0.1, 0.15) is 37.7 Å². The number of aromatic nitrogens is 2. The standard InChI is InChI=1S/C20H22ClN5O3/c1-11-5-4-8-26(10-11)20-24-17-16(19(29)25-20)12(9-15(27)23-17)18(28)22-14-7-3-2-6-13(14)21/h2-3,6-7,11-12H,4-5,8-10H2,1H3,(H,22,28)(H2,23,24,25,27,29)/t11-,12+/m0/s1. The average Bonchev–Trinajstić information content (AvgIpc) is 2.68. The van der Waals surface area contributed by atoms with Crippen LogP contribution in [0.3, 0.4) is 0 Å². The van der Waals surface area contributed by atoms with Gasteiger partial charge in [-0.2, -0.15) is 4.98 Å². The fraction of sp³-hybridized carbons (Fsp3) is 0.400. The number of para-hydroxylation sites is 1. The van der Waals surface area contributed by atoms with E-state index in [2.05, 4.69) is 27.5 Å². The second kappa shape index (κ2) is 7.87. The molecule has 0 bridgehead atoms. The average molecular weight is 416 g/mol. The smallest absolute Gasteiger partial charge is 0.258 e. The van der Waals surface area contributed by atoms with Crippen LogP contribution >= 0.6 is 11.6 Å². The third kappa shape index (κ3) is 3.98. The van der Waals surface area contributed by atoms with E-state index in [1.165, 1.54) is 0 Å². The lowest BCUT2D eigenvalue weighted by molar-refractivity contribution is -0.123. The minimum atomic E-state index is -0.944. The van der Waals surface area contributed by atoms with Crippen molar-refractivity contribution in [2.75, 3.05) is 28.6 Å². The number of carbonyl (C=O) groups is 2. The first-order chi connectivity index (χ1) is 13.9. The third-order valence-corrected chi connectivity index (χ3v) is 5.67. The molecule has 29 heavy (non-hydrogen) atoms. The summed E-state index contributed by atoms with van der Waals surface area (Å²) in [6.07, 6.45) is 2.01. The van der Waals surface area contributed by atoms with E-state index in [9.17, 15) is 14.4 Å². The Morgan fingerprint density at radius 2 is 2.10 bits per heavy atom. The molecule has 2 aliphatic rings. The van der Waals surface area contributed by atoms with Gasteiger partial charge in [-0.1, -0.05) is 30.7 Å². The minimum absolute atomic E-state index is 0.131. The van der Waals surface area contributed by atoms with Gasteiger partial charge < -0.3 is 15.5 Å². The number of nitrogens with zero attached hydrogens (tertiary/aromatic N) is 2. The SMILES string of the molecule is C[C@H]1CCCN(c2nc3c(c(=O)[nH]2)[C@H](C(=O)Nc2ccccc2Cl)CC(=O)N3)C1. The topological polar surface area (TPSA) is 107 Å². The molecular formula is C20H22ClN5O3. The molecular weight excluding hydrogens is 394 g/mol. The van der Waals surface area contributed by atoms with E-state index in [4.69, 9.17) is 11.6 Å². The Bertz CT molecular complexity index is 1020. The Morgan fingerprint density at radius 3 is 2.86 bits per heavy atom. The summed E-state index contributed by atoms with van der Waals surface area (Å²) in [5.74, 6) is -0.701. The van der Waals surface area contributed by atoms with E-state index >= 15 is 0 Å². The predicted octanol–water partition coefficient (Wildman–Crippen LogP) is 2.72. The second-order valence-corrected chi connectivity index (χ2v) is 8.03. The van der Waals surface area contributed by atoms with E-state index in [1.54, 1.807) is 24.3 Å². The summed E-state index contributed by atoms with van der Waals surface area (Å²) in [6.45, 7) is 3.72. The van der Waals surface area contributed by atoms with Crippen molar-refractivity contribution in [3.8, 4) is 0 Å². The Hall–Kier alpha value is -2.87. The molecule has 0 spiro atoms. The number of carbonyl (C=O) groups excluding carboxylic acids is 2. The molecule has 2 atom stereocenters. The Labute approximate surface area is 172 Å². The molecule has 3 heterocycles. The molecule has 1 aromatic heterocycles. The summed E-state index contributed by atoms with van der Waals surface area (Å²) in [7, 11) is 0. The van der Waals surface area contributed by atoms with Gasteiger partial charge in [0.05, 0.1) is 22.2 Å². The summed E-state index contributed by atoms with van der Waals surface area (Å²) >= 11 is 6.11. The number of H-pyrrole nitrogens is 1. The molecule has 9 heteroatoms. The third-order valence-electron chi connectivity index (χ3n) is 5.34. The molecule has 2 aromatic rings. The zero-order valence-electron chi connectivity index (χ0n) is 16.0. The molecule has 1 aromatic carbocycles. The van der Waals surface area contributed by atoms with Crippen LogP contribution < -0.4 is 21.1 Å². The fourth-order valence-electron chi connectivity index (χ4n) is 3.90. The molecule has 0 unspecified atom stereocenters. The van der Waals surface area contributed by atoms with Gasteiger partial charge in [0.15, 0.2) is 0 Å². The summed E-state index contributed by atoms with van der Waals surface area (Å²) in [6, 6.07) is 6.80. The Kier molecular flexibility index (Phi) is 5.27. The number of piperidine rings is 1. The van der Waals surface area contributed by atoms with Gasteiger partial charge in [-0.3, -0.25) is 19.4 Å². The van der Waals surface area contributed by atoms with Crippen molar-refractivity contribution in [2.45, 2.75) is 32.1 Å². The number of nitrogens with one attached hydrogen (secondary N) is 3. The van der Waals surface area contributed by atoms with Gasteiger partial charge in [-0.15, -0.1) is 0 Å². The van der Waals surface area contributed by atoms with Gasteiger partial charge in [-0.05, 0) is 30.9 Å². The van der Waals surface area contributed by atoms with Gasteiger partial charge in [0.25, 0.3) is 5.56 Å². The summed E-state index contributed by atoms with van der Waals surface area (Å²) in [4.78, 5) is 47.3. The molecule has 1 saturated heterocycles. The zero-order chi connectivity index (χ0) is 20.5. The van der Waals surface area contributed by atoms with Crippen molar-refractivity contribution in [1.29, 1.82) is 0 Å². The summed E-state index contributed by atoms with van der Waals surface area (Å²) in [5, 5.41) is 5.74. The molecule has 8 nitrogen and oxygen atoms in total. The molecule has 3 N–H and O–H groups in total. The molecule has 152 valence electrons. The molecule has 0 radical (unpaired) electrons.